The minimum absolute atomic E-state index is 0.0453. The van der Waals surface area contributed by atoms with E-state index in [1.54, 1.807) is 0 Å². The van der Waals surface area contributed by atoms with Gasteiger partial charge in [-0.05, 0) is 31.0 Å². The van der Waals surface area contributed by atoms with Crippen molar-refractivity contribution in [2.24, 2.45) is 0 Å². The Balaban J connectivity index is 2.82. The van der Waals surface area contributed by atoms with E-state index in [9.17, 15) is 13.2 Å². The van der Waals surface area contributed by atoms with Gasteiger partial charge in [-0.15, -0.1) is 0 Å². The molecule has 0 saturated carbocycles. The average molecular weight is 261 g/mol. The quantitative estimate of drug-likeness (QED) is 0.813. The minimum atomic E-state index is -4.40. The summed E-state index contributed by atoms with van der Waals surface area (Å²) in [5.74, 6) is 0. The van der Waals surface area contributed by atoms with Crippen molar-refractivity contribution in [1.29, 1.82) is 0 Å². The molecule has 1 atom stereocenters. The Morgan fingerprint density at radius 2 is 2.00 bits per heavy atom. The number of hydrogen-bond donors (Lipinski definition) is 1. The summed E-state index contributed by atoms with van der Waals surface area (Å²) in [7, 11) is 0. The van der Waals surface area contributed by atoms with Crippen LogP contribution in [0.2, 0.25) is 0 Å². The van der Waals surface area contributed by atoms with Crippen molar-refractivity contribution in [1.82, 2.24) is 0 Å². The van der Waals surface area contributed by atoms with Crippen molar-refractivity contribution in [3.05, 3.63) is 29.3 Å². The minimum Gasteiger partial charge on any atom is -0.399 e. The lowest BCUT2D eigenvalue weighted by atomic mass is 10.1. The molecule has 5 heteroatoms. The molecule has 1 rings (SSSR count). The molecule has 0 aliphatic carbocycles. The Morgan fingerprint density at radius 1 is 1.33 bits per heavy atom. The SMILES string of the molecule is CCCC(C)OCc1ccc(N)cc1C(F)(F)F. The lowest BCUT2D eigenvalue weighted by Gasteiger charge is -2.16. The van der Waals surface area contributed by atoms with Crippen LogP contribution in [0.4, 0.5) is 18.9 Å². The lowest BCUT2D eigenvalue weighted by molar-refractivity contribution is -0.139. The van der Waals surface area contributed by atoms with Gasteiger partial charge in [-0.3, -0.25) is 0 Å². The van der Waals surface area contributed by atoms with E-state index in [4.69, 9.17) is 10.5 Å². The highest BCUT2D eigenvalue weighted by Gasteiger charge is 2.33. The molecule has 0 aromatic heterocycles. The summed E-state index contributed by atoms with van der Waals surface area (Å²) in [5.41, 5.74) is 4.90. The molecule has 0 fully saturated rings. The number of hydrogen-bond acceptors (Lipinski definition) is 2. The molecule has 2 N–H and O–H groups in total. The fraction of sp³-hybridized carbons (Fsp3) is 0.538. The zero-order valence-corrected chi connectivity index (χ0v) is 10.6. The first-order valence-electron chi connectivity index (χ1n) is 5.91. The normalized spacial score (nSPS) is 13.6. The van der Waals surface area contributed by atoms with E-state index in [-0.39, 0.29) is 24.0 Å². The molecule has 0 saturated heterocycles. The Morgan fingerprint density at radius 3 is 2.56 bits per heavy atom. The average Bonchev–Trinajstić information content (AvgIpc) is 2.26. The lowest BCUT2D eigenvalue weighted by Crippen LogP contribution is -2.13. The molecule has 1 unspecified atom stereocenters. The molecule has 0 bridgehead atoms. The van der Waals surface area contributed by atoms with Gasteiger partial charge in [-0.2, -0.15) is 13.2 Å². The molecule has 1 aromatic rings. The fourth-order valence-corrected chi connectivity index (χ4v) is 1.71. The number of anilines is 1. The van der Waals surface area contributed by atoms with Crippen LogP contribution in [0.25, 0.3) is 0 Å². The molecule has 102 valence electrons. The predicted molar refractivity (Wildman–Crippen MR) is 65.0 cm³/mol. The topological polar surface area (TPSA) is 35.2 Å². The second kappa shape index (κ2) is 6.09. The highest BCUT2D eigenvalue weighted by Crippen LogP contribution is 2.33. The maximum Gasteiger partial charge on any atom is 0.416 e. The van der Waals surface area contributed by atoms with Gasteiger partial charge < -0.3 is 10.5 Å². The van der Waals surface area contributed by atoms with Crippen LogP contribution in [-0.2, 0) is 17.5 Å². The number of alkyl halides is 3. The van der Waals surface area contributed by atoms with Gasteiger partial charge in [0.2, 0.25) is 0 Å². The van der Waals surface area contributed by atoms with Crippen LogP contribution in [-0.4, -0.2) is 6.10 Å². The smallest absolute Gasteiger partial charge is 0.399 e. The number of ether oxygens (including phenoxy) is 1. The number of halogens is 3. The molecule has 0 amide bonds. The number of nitrogen functional groups attached to an aromatic ring is 1. The first-order valence-corrected chi connectivity index (χ1v) is 5.91. The number of benzene rings is 1. The van der Waals surface area contributed by atoms with Gasteiger partial charge in [0.05, 0.1) is 18.3 Å². The summed E-state index contributed by atoms with van der Waals surface area (Å²) in [4.78, 5) is 0. The van der Waals surface area contributed by atoms with Gasteiger partial charge in [-0.1, -0.05) is 19.4 Å². The molecule has 0 aliphatic rings. The van der Waals surface area contributed by atoms with E-state index in [2.05, 4.69) is 0 Å². The maximum atomic E-state index is 12.8. The Kier molecular flexibility index (Phi) is 5.02. The standard InChI is InChI=1S/C13H18F3NO/c1-3-4-9(2)18-8-10-5-6-11(17)7-12(10)13(14,15)16/h5-7,9H,3-4,8,17H2,1-2H3. The van der Waals surface area contributed by atoms with Crippen molar-refractivity contribution >= 4 is 5.69 Å². The van der Waals surface area contributed by atoms with Crippen LogP contribution in [0.5, 0.6) is 0 Å². The Labute approximate surface area is 105 Å². The Bertz CT molecular complexity index is 390. The van der Waals surface area contributed by atoms with E-state index in [0.717, 1.165) is 18.9 Å². The summed E-state index contributed by atoms with van der Waals surface area (Å²) in [5, 5.41) is 0. The number of nitrogens with two attached hydrogens (primary N) is 1. The van der Waals surface area contributed by atoms with Gasteiger partial charge in [0.1, 0.15) is 0 Å². The molecule has 1 aromatic carbocycles. The van der Waals surface area contributed by atoms with Crippen LogP contribution in [0.3, 0.4) is 0 Å². The third-order valence-corrected chi connectivity index (χ3v) is 2.66. The van der Waals surface area contributed by atoms with Gasteiger partial charge in [0.25, 0.3) is 0 Å². The van der Waals surface area contributed by atoms with Gasteiger partial charge in [-0.25, -0.2) is 0 Å². The maximum absolute atomic E-state index is 12.8. The van der Waals surface area contributed by atoms with Crippen molar-refractivity contribution < 1.29 is 17.9 Å². The molecular weight excluding hydrogens is 243 g/mol. The van der Waals surface area contributed by atoms with Crippen LogP contribution in [0.1, 0.15) is 37.8 Å². The fourth-order valence-electron chi connectivity index (χ4n) is 1.71. The summed E-state index contributed by atoms with van der Waals surface area (Å²) in [6.07, 6.45) is -2.68. The first-order chi connectivity index (χ1) is 8.34. The Hall–Kier alpha value is -1.23. The molecule has 0 spiro atoms. The van der Waals surface area contributed by atoms with E-state index in [0.29, 0.717) is 0 Å². The third-order valence-electron chi connectivity index (χ3n) is 2.66. The summed E-state index contributed by atoms with van der Waals surface area (Å²) < 4.78 is 43.8. The van der Waals surface area contributed by atoms with Crippen molar-refractivity contribution in [3.63, 3.8) is 0 Å². The largest absolute Gasteiger partial charge is 0.416 e. The molecule has 0 heterocycles. The van der Waals surface area contributed by atoms with Gasteiger partial charge in [0, 0.05) is 5.69 Å². The summed E-state index contributed by atoms with van der Waals surface area (Å²) >= 11 is 0. The van der Waals surface area contributed by atoms with Crippen LogP contribution < -0.4 is 5.73 Å². The van der Waals surface area contributed by atoms with E-state index < -0.39 is 11.7 Å². The molecular formula is C13H18F3NO. The van der Waals surface area contributed by atoms with Crippen molar-refractivity contribution in [2.75, 3.05) is 5.73 Å². The highest BCUT2D eigenvalue weighted by atomic mass is 19.4. The first kappa shape index (κ1) is 14.8. The van der Waals surface area contributed by atoms with Crippen LogP contribution in [0, 0.1) is 0 Å². The van der Waals surface area contributed by atoms with Gasteiger partial charge >= 0.3 is 6.18 Å². The van der Waals surface area contributed by atoms with Crippen LogP contribution >= 0.6 is 0 Å². The van der Waals surface area contributed by atoms with Crippen molar-refractivity contribution in [3.8, 4) is 0 Å². The predicted octanol–water partition coefficient (Wildman–Crippen LogP) is 3.99. The third kappa shape index (κ3) is 4.22. The highest BCUT2D eigenvalue weighted by molar-refractivity contribution is 5.45. The molecule has 0 aliphatic heterocycles. The second-order valence-electron chi connectivity index (χ2n) is 4.32. The van der Waals surface area contributed by atoms with E-state index >= 15 is 0 Å². The second-order valence-corrected chi connectivity index (χ2v) is 4.32. The monoisotopic (exact) mass is 261 g/mol. The molecule has 18 heavy (non-hydrogen) atoms. The van der Waals surface area contributed by atoms with E-state index in [1.807, 2.05) is 13.8 Å². The zero-order valence-electron chi connectivity index (χ0n) is 10.6. The summed E-state index contributed by atoms with van der Waals surface area (Å²) in [6, 6.07) is 3.78. The van der Waals surface area contributed by atoms with Gasteiger partial charge in [0.15, 0.2) is 0 Å². The zero-order chi connectivity index (χ0) is 13.8. The summed E-state index contributed by atoms with van der Waals surface area (Å²) in [6.45, 7) is 3.81. The molecule has 2 nitrogen and oxygen atoms in total. The van der Waals surface area contributed by atoms with E-state index in [1.165, 1.54) is 12.1 Å². The molecule has 0 radical (unpaired) electrons. The van der Waals surface area contributed by atoms with Crippen LogP contribution in [0.15, 0.2) is 18.2 Å². The number of rotatable bonds is 5. The van der Waals surface area contributed by atoms with Crippen molar-refractivity contribution in [2.45, 2.75) is 45.6 Å².